The molecule has 1 saturated carbocycles. The van der Waals surface area contributed by atoms with E-state index in [1.807, 2.05) is 12.1 Å². The molecule has 0 aliphatic heterocycles. The van der Waals surface area contributed by atoms with Crippen LogP contribution >= 0.6 is 0 Å². The molecule has 0 radical (unpaired) electrons. The molecule has 84 valence electrons. The summed E-state index contributed by atoms with van der Waals surface area (Å²) in [5, 5.41) is 11.8. The Morgan fingerprint density at radius 2 is 2.44 bits per heavy atom. The van der Waals surface area contributed by atoms with E-state index < -0.39 is 5.41 Å². The molecule has 1 fully saturated rings. The first-order chi connectivity index (χ1) is 7.77. The lowest BCUT2D eigenvalue weighted by atomic mass is 9.69. The SMILES string of the molecule is N#CC1(C(=O)NCCc2ccco2)CCC1. The summed E-state index contributed by atoms with van der Waals surface area (Å²) in [6.07, 6.45) is 4.63. The van der Waals surface area contributed by atoms with Gasteiger partial charge in [-0.25, -0.2) is 0 Å². The van der Waals surface area contributed by atoms with Gasteiger partial charge in [0, 0.05) is 13.0 Å². The van der Waals surface area contributed by atoms with Gasteiger partial charge in [-0.3, -0.25) is 4.79 Å². The average Bonchev–Trinajstić information content (AvgIpc) is 2.70. The fourth-order valence-corrected chi connectivity index (χ4v) is 1.84. The van der Waals surface area contributed by atoms with Crippen LogP contribution in [0.3, 0.4) is 0 Å². The van der Waals surface area contributed by atoms with E-state index in [0.29, 0.717) is 25.8 Å². The summed E-state index contributed by atoms with van der Waals surface area (Å²) in [6.45, 7) is 0.524. The topological polar surface area (TPSA) is 66.0 Å². The molecule has 4 nitrogen and oxygen atoms in total. The highest BCUT2D eigenvalue weighted by atomic mass is 16.3. The average molecular weight is 218 g/mol. The van der Waals surface area contributed by atoms with E-state index in [1.165, 1.54) is 0 Å². The van der Waals surface area contributed by atoms with Gasteiger partial charge in [0.2, 0.25) is 5.91 Å². The zero-order chi connectivity index (χ0) is 11.4. The summed E-state index contributed by atoms with van der Waals surface area (Å²) in [5.74, 6) is 0.715. The van der Waals surface area contributed by atoms with Crippen LogP contribution in [0.5, 0.6) is 0 Å². The monoisotopic (exact) mass is 218 g/mol. The Balaban J connectivity index is 1.78. The maximum Gasteiger partial charge on any atom is 0.240 e. The maximum atomic E-state index is 11.7. The smallest absolute Gasteiger partial charge is 0.240 e. The Hall–Kier alpha value is -1.76. The summed E-state index contributed by atoms with van der Waals surface area (Å²) in [7, 11) is 0. The van der Waals surface area contributed by atoms with Gasteiger partial charge in [0.05, 0.1) is 12.3 Å². The van der Waals surface area contributed by atoms with Gasteiger partial charge in [-0.15, -0.1) is 0 Å². The van der Waals surface area contributed by atoms with Crippen LogP contribution in [0.2, 0.25) is 0 Å². The lowest BCUT2D eigenvalue weighted by Crippen LogP contribution is -2.45. The van der Waals surface area contributed by atoms with Crippen molar-refractivity contribution in [2.24, 2.45) is 5.41 Å². The molecule has 1 N–H and O–H groups in total. The highest BCUT2D eigenvalue weighted by molar-refractivity contribution is 5.86. The van der Waals surface area contributed by atoms with E-state index in [1.54, 1.807) is 6.26 Å². The number of nitriles is 1. The number of nitrogens with zero attached hydrogens (tertiary/aromatic N) is 1. The molecule has 0 unspecified atom stereocenters. The molecule has 16 heavy (non-hydrogen) atoms. The first-order valence-electron chi connectivity index (χ1n) is 5.49. The molecule has 0 saturated heterocycles. The molecule has 0 bridgehead atoms. The van der Waals surface area contributed by atoms with Gasteiger partial charge in [0.25, 0.3) is 0 Å². The van der Waals surface area contributed by atoms with E-state index in [4.69, 9.17) is 9.68 Å². The molecule has 2 rings (SSSR count). The summed E-state index contributed by atoms with van der Waals surface area (Å²) in [5.41, 5.74) is -0.747. The third-order valence-electron chi connectivity index (χ3n) is 3.09. The van der Waals surface area contributed by atoms with Crippen molar-refractivity contribution in [1.82, 2.24) is 5.32 Å². The van der Waals surface area contributed by atoms with Crippen molar-refractivity contribution in [2.75, 3.05) is 6.54 Å². The van der Waals surface area contributed by atoms with Crippen LogP contribution in [-0.2, 0) is 11.2 Å². The van der Waals surface area contributed by atoms with Crippen LogP contribution in [0.25, 0.3) is 0 Å². The molecule has 0 aromatic carbocycles. The van der Waals surface area contributed by atoms with E-state index in [2.05, 4.69) is 11.4 Å². The van der Waals surface area contributed by atoms with Gasteiger partial charge in [-0.05, 0) is 31.4 Å². The van der Waals surface area contributed by atoms with Crippen LogP contribution in [0.4, 0.5) is 0 Å². The van der Waals surface area contributed by atoms with E-state index in [9.17, 15) is 4.79 Å². The van der Waals surface area contributed by atoms with Crippen molar-refractivity contribution < 1.29 is 9.21 Å². The van der Waals surface area contributed by atoms with Gasteiger partial charge in [0.15, 0.2) is 0 Å². The minimum absolute atomic E-state index is 0.132. The van der Waals surface area contributed by atoms with E-state index >= 15 is 0 Å². The number of rotatable bonds is 4. The van der Waals surface area contributed by atoms with Crippen LogP contribution in [0.1, 0.15) is 25.0 Å². The van der Waals surface area contributed by atoms with Crippen LogP contribution in [0, 0.1) is 16.7 Å². The Morgan fingerprint density at radius 3 is 2.94 bits per heavy atom. The third kappa shape index (κ3) is 1.94. The maximum absolute atomic E-state index is 11.7. The van der Waals surface area contributed by atoms with Gasteiger partial charge < -0.3 is 9.73 Å². The first kappa shape index (κ1) is 10.7. The quantitative estimate of drug-likeness (QED) is 0.835. The minimum Gasteiger partial charge on any atom is -0.469 e. The van der Waals surface area contributed by atoms with Gasteiger partial charge in [0.1, 0.15) is 11.2 Å². The second kappa shape index (κ2) is 4.40. The number of carbonyl (C=O) groups is 1. The largest absolute Gasteiger partial charge is 0.469 e. The van der Waals surface area contributed by atoms with Gasteiger partial charge in [-0.2, -0.15) is 5.26 Å². The molecule has 0 spiro atoms. The third-order valence-corrected chi connectivity index (χ3v) is 3.09. The van der Waals surface area contributed by atoms with Gasteiger partial charge in [-0.1, -0.05) is 0 Å². The Morgan fingerprint density at radius 1 is 1.62 bits per heavy atom. The van der Waals surface area contributed by atoms with Crippen LogP contribution in [0.15, 0.2) is 22.8 Å². The zero-order valence-corrected chi connectivity index (χ0v) is 9.03. The fourth-order valence-electron chi connectivity index (χ4n) is 1.84. The highest BCUT2D eigenvalue weighted by Gasteiger charge is 2.44. The number of hydrogen-bond donors (Lipinski definition) is 1. The Bertz CT molecular complexity index is 399. The molecular weight excluding hydrogens is 204 g/mol. The molecule has 1 aliphatic rings. The predicted octanol–water partition coefficient (Wildman–Crippen LogP) is 1.63. The second-order valence-corrected chi connectivity index (χ2v) is 4.13. The van der Waals surface area contributed by atoms with Crippen molar-refractivity contribution in [1.29, 1.82) is 5.26 Å². The zero-order valence-electron chi connectivity index (χ0n) is 9.03. The normalized spacial score (nSPS) is 17.2. The number of hydrogen-bond acceptors (Lipinski definition) is 3. The molecular formula is C12H14N2O2. The highest BCUT2D eigenvalue weighted by Crippen LogP contribution is 2.40. The van der Waals surface area contributed by atoms with Crippen molar-refractivity contribution in [3.8, 4) is 6.07 Å². The molecule has 4 heteroatoms. The summed E-state index contributed by atoms with van der Waals surface area (Å²) in [6, 6.07) is 5.81. The lowest BCUT2D eigenvalue weighted by Gasteiger charge is -2.33. The number of nitrogens with one attached hydrogen (secondary N) is 1. The van der Waals surface area contributed by atoms with E-state index in [-0.39, 0.29) is 5.91 Å². The molecule has 1 aromatic heterocycles. The standard InChI is InChI=1S/C12H14N2O2/c13-9-12(5-2-6-12)11(15)14-7-4-10-3-1-8-16-10/h1,3,8H,2,4-7H2,(H,14,15). The van der Waals surface area contributed by atoms with E-state index in [0.717, 1.165) is 12.2 Å². The van der Waals surface area contributed by atoms with Crippen molar-refractivity contribution in [3.05, 3.63) is 24.2 Å². The summed E-state index contributed by atoms with van der Waals surface area (Å²) in [4.78, 5) is 11.7. The second-order valence-electron chi connectivity index (χ2n) is 4.13. The van der Waals surface area contributed by atoms with Crippen LogP contribution < -0.4 is 5.32 Å². The van der Waals surface area contributed by atoms with Crippen molar-refractivity contribution in [2.45, 2.75) is 25.7 Å². The summed E-state index contributed by atoms with van der Waals surface area (Å²) >= 11 is 0. The fraction of sp³-hybridized carbons (Fsp3) is 0.500. The molecule has 1 heterocycles. The van der Waals surface area contributed by atoms with Gasteiger partial charge >= 0.3 is 0 Å². The number of carbonyl (C=O) groups excluding carboxylic acids is 1. The molecule has 1 amide bonds. The number of furan rings is 1. The van der Waals surface area contributed by atoms with Crippen molar-refractivity contribution in [3.63, 3.8) is 0 Å². The Kier molecular flexibility index (Phi) is 2.95. The van der Waals surface area contributed by atoms with Crippen LogP contribution in [-0.4, -0.2) is 12.5 Å². The lowest BCUT2D eigenvalue weighted by molar-refractivity contribution is -0.131. The minimum atomic E-state index is -0.747. The number of amides is 1. The predicted molar refractivity (Wildman–Crippen MR) is 57.3 cm³/mol. The molecule has 1 aliphatic carbocycles. The van der Waals surface area contributed by atoms with Crippen molar-refractivity contribution >= 4 is 5.91 Å². The Labute approximate surface area is 94.2 Å². The summed E-state index contributed by atoms with van der Waals surface area (Å²) < 4.78 is 5.15. The first-order valence-corrected chi connectivity index (χ1v) is 5.49. The molecule has 0 atom stereocenters. The molecule has 1 aromatic rings.